The number of amides is 1. The van der Waals surface area contributed by atoms with E-state index in [-0.39, 0.29) is 17.9 Å². The Balaban J connectivity index is 1.45. The maximum Gasteiger partial charge on any atom is 0.234 e. The number of aromatic amines is 1. The molecule has 0 aliphatic carbocycles. The molecule has 0 bridgehead atoms. The molecule has 2 heterocycles. The molecular weight excluding hydrogens is 386 g/mol. The van der Waals surface area contributed by atoms with Crippen LogP contribution < -0.4 is 10.7 Å². The van der Waals surface area contributed by atoms with E-state index >= 15 is 0 Å². The fourth-order valence-corrected chi connectivity index (χ4v) is 3.92. The van der Waals surface area contributed by atoms with Gasteiger partial charge in [-0.25, -0.2) is 0 Å². The van der Waals surface area contributed by atoms with Crippen LogP contribution in [0.15, 0.2) is 47.3 Å². The first kappa shape index (κ1) is 19.7. The smallest absolute Gasteiger partial charge is 0.234 e. The predicted octanol–water partition coefficient (Wildman–Crippen LogP) is 3.42. The van der Waals surface area contributed by atoms with E-state index in [0.29, 0.717) is 18.1 Å². The third kappa shape index (κ3) is 4.36. The molecule has 0 fully saturated rings. The number of rotatable bonds is 5. The molecule has 5 nitrogen and oxygen atoms in total. The Bertz CT molecular complexity index is 1110. The number of hydrogen-bond acceptors (Lipinski definition) is 3. The fourth-order valence-electron chi connectivity index (χ4n) is 3.80. The quantitative estimate of drug-likeness (QED) is 0.678. The minimum atomic E-state index is -0.0473. The number of hydrogen-bond donors (Lipinski definition) is 2. The van der Waals surface area contributed by atoms with Gasteiger partial charge in [0.1, 0.15) is 0 Å². The molecule has 29 heavy (non-hydrogen) atoms. The van der Waals surface area contributed by atoms with Crippen molar-refractivity contribution in [2.75, 3.05) is 13.1 Å². The van der Waals surface area contributed by atoms with Crippen LogP contribution in [-0.4, -0.2) is 28.9 Å². The van der Waals surface area contributed by atoms with Crippen LogP contribution in [0.1, 0.15) is 29.3 Å². The Morgan fingerprint density at radius 2 is 1.93 bits per heavy atom. The number of fused-ring (bicyclic) bond motifs is 2. The first-order valence-electron chi connectivity index (χ1n) is 9.93. The summed E-state index contributed by atoms with van der Waals surface area (Å²) in [5.41, 5.74) is 4.89. The van der Waals surface area contributed by atoms with Gasteiger partial charge in [0.05, 0.1) is 6.54 Å². The van der Waals surface area contributed by atoms with Gasteiger partial charge in [-0.05, 0) is 41.8 Å². The molecule has 3 aromatic rings. The molecule has 0 unspecified atom stereocenters. The Labute approximate surface area is 174 Å². The highest BCUT2D eigenvalue weighted by atomic mass is 35.5. The first-order chi connectivity index (χ1) is 14.0. The molecule has 0 atom stereocenters. The molecule has 1 aromatic heterocycles. The van der Waals surface area contributed by atoms with E-state index in [2.05, 4.69) is 23.3 Å². The zero-order valence-corrected chi connectivity index (χ0v) is 17.2. The molecule has 4 rings (SSSR count). The largest absolute Gasteiger partial charge is 0.358 e. The minimum Gasteiger partial charge on any atom is -0.358 e. The highest BCUT2D eigenvalue weighted by molar-refractivity contribution is 6.30. The van der Waals surface area contributed by atoms with E-state index < -0.39 is 0 Å². The summed E-state index contributed by atoms with van der Waals surface area (Å²) in [4.78, 5) is 30.9. The molecule has 1 amide bonds. The Morgan fingerprint density at radius 3 is 2.69 bits per heavy atom. The number of aryl methyl sites for hydroxylation is 1. The standard InChI is InChI=1S/C23H24ClN3O2/c1-2-15-5-8-20-18(11-15)23(29)19-13-27(10-9-21(19)26-20)14-22(28)25-12-16-3-6-17(24)7-4-16/h3-8,11H,2,9-10,12-14H2,1H3,(H,25,28)(H,26,29). The maximum absolute atomic E-state index is 13.1. The van der Waals surface area contributed by atoms with Gasteiger partial charge in [0.25, 0.3) is 0 Å². The molecule has 0 spiro atoms. The third-order valence-electron chi connectivity index (χ3n) is 5.49. The number of carbonyl (C=O) groups is 1. The SMILES string of the molecule is CCc1ccc2[nH]c3c(c(=O)c2c1)CN(CC(=O)NCc1ccc(Cl)cc1)CC3. The second-order valence-corrected chi connectivity index (χ2v) is 7.95. The van der Waals surface area contributed by atoms with Crippen molar-refractivity contribution in [2.24, 2.45) is 0 Å². The van der Waals surface area contributed by atoms with Crippen LogP contribution in [0.25, 0.3) is 10.9 Å². The van der Waals surface area contributed by atoms with Crippen LogP contribution in [0.2, 0.25) is 5.02 Å². The van der Waals surface area contributed by atoms with Crippen molar-refractivity contribution in [1.82, 2.24) is 15.2 Å². The number of H-pyrrole nitrogens is 1. The number of halogens is 1. The third-order valence-corrected chi connectivity index (χ3v) is 5.74. The summed E-state index contributed by atoms with van der Waals surface area (Å²) >= 11 is 5.89. The topological polar surface area (TPSA) is 65.2 Å². The van der Waals surface area contributed by atoms with Gasteiger partial charge < -0.3 is 10.3 Å². The average molecular weight is 410 g/mol. The van der Waals surface area contributed by atoms with Crippen LogP contribution in [0, 0.1) is 0 Å². The van der Waals surface area contributed by atoms with Crippen LogP contribution in [-0.2, 0) is 30.7 Å². The van der Waals surface area contributed by atoms with Gasteiger partial charge in [0.2, 0.25) is 5.91 Å². The van der Waals surface area contributed by atoms with E-state index in [4.69, 9.17) is 11.6 Å². The van der Waals surface area contributed by atoms with Crippen LogP contribution in [0.3, 0.4) is 0 Å². The van der Waals surface area contributed by atoms with E-state index in [1.807, 2.05) is 41.3 Å². The van der Waals surface area contributed by atoms with Crippen molar-refractivity contribution < 1.29 is 4.79 Å². The van der Waals surface area contributed by atoms with E-state index in [0.717, 1.165) is 52.7 Å². The summed E-state index contributed by atoms with van der Waals surface area (Å²) in [5, 5.41) is 4.35. The fraction of sp³-hybridized carbons (Fsp3) is 0.304. The number of aromatic nitrogens is 1. The summed E-state index contributed by atoms with van der Waals surface area (Å²) in [7, 11) is 0. The molecule has 0 saturated heterocycles. The summed E-state index contributed by atoms with van der Waals surface area (Å²) in [6, 6.07) is 13.4. The summed E-state index contributed by atoms with van der Waals surface area (Å²) < 4.78 is 0. The molecule has 2 aromatic carbocycles. The van der Waals surface area contributed by atoms with Crippen LogP contribution in [0.5, 0.6) is 0 Å². The lowest BCUT2D eigenvalue weighted by atomic mass is 10.0. The molecule has 150 valence electrons. The van der Waals surface area contributed by atoms with Crippen molar-refractivity contribution in [1.29, 1.82) is 0 Å². The van der Waals surface area contributed by atoms with Crippen molar-refractivity contribution in [2.45, 2.75) is 32.9 Å². The lowest BCUT2D eigenvalue weighted by Crippen LogP contribution is -2.41. The Hall–Kier alpha value is -2.63. The monoisotopic (exact) mass is 409 g/mol. The highest BCUT2D eigenvalue weighted by Gasteiger charge is 2.22. The summed E-state index contributed by atoms with van der Waals surface area (Å²) in [5.74, 6) is -0.0473. The zero-order chi connectivity index (χ0) is 20.4. The van der Waals surface area contributed by atoms with Gasteiger partial charge in [-0.15, -0.1) is 0 Å². The van der Waals surface area contributed by atoms with Crippen molar-refractivity contribution >= 4 is 28.4 Å². The minimum absolute atomic E-state index is 0.0473. The maximum atomic E-state index is 13.1. The molecular formula is C23H24ClN3O2. The molecule has 6 heteroatoms. The van der Waals surface area contributed by atoms with Crippen molar-refractivity contribution in [3.63, 3.8) is 0 Å². The van der Waals surface area contributed by atoms with E-state index in [9.17, 15) is 9.59 Å². The van der Waals surface area contributed by atoms with Gasteiger partial charge in [-0.3, -0.25) is 14.5 Å². The number of nitrogens with zero attached hydrogens (tertiary/aromatic N) is 1. The van der Waals surface area contributed by atoms with Gasteiger partial charge in [-0.2, -0.15) is 0 Å². The van der Waals surface area contributed by atoms with Gasteiger partial charge in [-0.1, -0.05) is 36.7 Å². The molecule has 1 aliphatic rings. The van der Waals surface area contributed by atoms with Crippen molar-refractivity contribution in [3.05, 3.63) is 80.1 Å². The van der Waals surface area contributed by atoms with E-state index in [1.54, 1.807) is 0 Å². The van der Waals surface area contributed by atoms with Crippen LogP contribution in [0.4, 0.5) is 0 Å². The van der Waals surface area contributed by atoms with Crippen molar-refractivity contribution in [3.8, 4) is 0 Å². The zero-order valence-electron chi connectivity index (χ0n) is 16.4. The number of nitrogens with one attached hydrogen (secondary N) is 2. The Kier molecular flexibility index (Phi) is 5.69. The van der Waals surface area contributed by atoms with Gasteiger partial charge in [0, 0.05) is 53.2 Å². The Morgan fingerprint density at radius 1 is 1.17 bits per heavy atom. The lowest BCUT2D eigenvalue weighted by molar-refractivity contribution is -0.122. The number of carbonyl (C=O) groups excluding carboxylic acids is 1. The predicted molar refractivity (Wildman–Crippen MR) is 116 cm³/mol. The molecule has 0 radical (unpaired) electrons. The van der Waals surface area contributed by atoms with Crippen LogP contribution >= 0.6 is 11.6 Å². The molecule has 0 saturated carbocycles. The highest BCUT2D eigenvalue weighted by Crippen LogP contribution is 2.19. The first-order valence-corrected chi connectivity index (χ1v) is 10.3. The summed E-state index contributed by atoms with van der Waals surface area (Å²) in [6.07, 6.45) is 1.63. The average Bonchev–Trinajstić information content (AvgIpc) is 2.74. The van der Waals surface area contributed by atoms with Gasteiger partial charge in [0.15, 0.2) is 5.43 Å². The number of pyridine rings is 1. The molecule has 2 N–H and O–H groups in total. The normalized spacial score (nSPS) is 14.0. The van der Waals surface area contributed by atoms with Gasteiger partial charge >= 0.3 is 0 Å². The second-order valence-electron chi connectivity index (χ2n) is 7.51. The summed E-state index contributed by atoms with van der Waals surface area (Å²) in [6.45, 7) is 4.06. The van der Waals surface area contributed by atoms with E-state index in [1.165, 1.54) is 0 Å². The second kappa shape index (κ2) is 8.39. The number of benzene rings is 2. The molecule has 1 aliphatic heterocycles. The lowest BCUT2D eigenvalue weighted by Gasteiger charge is -2.28.